The van der Waals surface area contributed by atoms with Crippen molar-refractivity contribution in [2.45, 2.75) is 6.54 Å². The molecular formula is C12H14N2O3. The second-order valence-corrected chi connectivity index (χ2v) is 3.40. The van der Waals surface area contributed by atoms with Crippen molar-refractivity contribution in [1.82, 2.24) is 4.98 Å². The molecule has 0 radical (unpaired) electrons. The van der Waals surface area contributed by atoms with Crippen LogP contribution in [0, 0.1) is 0 Å². The van der Waals surface area contributed by atoms with E-state index in [0.29, 0.717) is 17.4 Å². The first-order valence-electron chi connectivity index (χ1n) is 5.15. The number of hydrogen-bond acceptors (Lipinski definition) is 5. The van der Waals surface area contributed by atoms with Crippen LogP contribution in [0.5, 0.6) is 11.5 Å². The summed E-state index contributed by atoms with van der Waals surface area (Å²) in [5, 5.41) is 0. The molecule has 1 aromatic carbocycles. The van der Waals surface area contributed by atoms with Gasteiger partial charge in [-0.05, 0) is 18.2 Å². The monoisotopic (exact) mass is 234 g/mol. The van der Waals surface area contributed by atoms with E-state index >= 15 is 0 Å². The third-order valence-corrected chi connectivity index (χ3v) is 2.41. The van der Waals surface area contributed by atoms with E-state index in [1.165, 1.54) is 0 Å². The Balaban J connectivity index is 2.38. The van der Waals surface area contributed by atoms with Gasteiger partial charge < -0.3 is 19.6 Å². The number of nitrogens with zero attached hydrogens (tertiary/aromatic N) is 1. The molecule has 0 bridgehead atoms. The van der Waals surface area contributed by atoms with Crippen LogP contribution in [0.2, 0.25) is 0 Å². The number of ether oxygens (including phenoxy) is 2. The van der Waals surface area contributed by atoms with Crippen molar-refractivity contribution in [3.05, 3.63) is 30.4 Å². The quantitative estimate of drug-likeness (QED) is 0.873. The van der Waals surface area contributed by atoms with Crippen LogP contribution in [-0.4, -0.2) is 19.2 Å². The average molecular weight is 234 g/mol. The van der Waals surface area contributed by atoms with Crippen LogP contribution in [0.1, 0.15) is 5.89 Å². The highest BCUT2D eigenvalue weighted by molar-refractivity contribution is 5.63. The second kappa shape index (κ2) is 4.88. The molecule has 0 spiro atoms. The molecule has 0 unspecified atom stereocenters. The van der Waals surface area contributed by atoms with E-state index in [0.717, 1.165) is 11.3 Å². The lowest BCUT2D eigenvalue weighted by Gasteiger charge is -2.07. The standard InChI is InChI=1S/C12H14N2O3/c1-15-10-4-3-8(5-11(10)16-2)9-7-17-12(6-13)14-9/h3-5,7H,6,13H2,1-2H3. The normalized spacial score (nSPS) is 10.3. The Morgan fingerprint density at radius 3 is 2.59 bits per heavy atom. The van der Waals surface area contributed by atoms with Crippen LogP contribution in [0.3, 0.4) is 0 Å². The first-order valence-corrected chi connectivity index (χ1v) is 5.15. The Labute approximate surface area is 99.2 Å². The van der Waals surface area contributed by atoms with Gasteiger partial charge >= 0.3 is 0 Å². The van der Waals surface area contributed by atoms with E-state index in [1.54, 1.807) is 20.5 Å². The lowest BCUT2D eigenvalue weighted by Crippen LogP contribution is -1.95. The van der Waals surface area contributed by atoms with Gasteiger partial charge in [-0.3, -0.25) is 0 Å². The van der Waals surface area contributed by atoms with Crippen LogP contribution in [0.15, 0.2) is 28.9 Å². The zero-order valence-corrected chi connectivity index (χ0v) is 9.77. The van der Waals surface area contributed by atoms with Gasteiger partial charge in [0.1, 0.15) is 12.0 Å². The SMILES string of the molecule is COc1ccc(-c2coc(CN)n2)cc1OC. The largest absolute Gasteiger partial charge is 0.493 e. The van der Waals surface area contributed by atoms with E-state index in [4.69, 9.17) is 19.6 Å². The summed E-state index contributed by atoms with van der Waals surface area (Å²) in [4.78, 5) is 4.24. The molecule has 0 atom stereocenters. The van der Waals surface area contributed by atoms with Gasteiger partial charge in [0, 0.05) is 5.56 Å². The molecule has 2 rings (SSSR count). The molecule has 1 heterocycles. The molecule has 5 nitrogen and oxygen atoms in total. The molecule has 0 saturated carbocycles. The Morgan fingerprint density at radius 1 is 1.24 bits per heavy atom. The molecule has 90 valence electrons. The van der Waals surface area contributed by atoms with Gasteiger partial charge in [-0.2, -0.15) is 0 Å². The lowest BCUT2D eigenvalue weighted by molar-refractivity contribution is 0.355. The number of rotatable bonds is 4. The van der Waals surface area contributed by atoms with E-state index in [2.05, 4.69) is 4.98 Å². The zero-order valence-electron chi connectivity index (χ0n) is 9.77. The summed E-state index contributed by atoms with van der Waals surface area (Å²) < 4.78 is 15.6. The Kier molecular flexibility index (Phi) is 3.30. The summed E-state index contributed by atoms with van der Waals surface area (Å²) in [6.45, 7) is 0.285. The summed E-state index contributed by atoms with van der Waals surface area (Å²) in [7, 11) is 3.19. The van der Waals surface area contributed by atoms with Gasteiger partial charge in [0.15, 0.2) is 11.5 Å². The number of hydrogen-bond donors (Lipinski definition) is 1. The van der Waals surface area contributed by atoms with Crippen molar-refractivity contribution in [3.63, 3.8) is 0 Å². The van der Waals surface area contributed by atoms with Gasteiger partial charge in [-0.1, -0.05) is 0 Å². The Morgan fingerprint density at radius 2 is 2.00 bits per heavy atom. The topological polar surface area (TPSA) is 70.5 Å². The fourth-order valence-corrected chi connectivity index (χ4v) is 1.53. The van der Waals surface area contributed by atoms with Crippen LogP contribution in [-0.2, 0) is 6.54 Å². The second-order valence-electron chi connectivity index (χ2n) is 3.40. The van der Waals surface area contributed by atoms with Gasteiger partial charge in [0.2, 0.25) is 5.89 Å². The molecule has 0 aliphatic heterocycles. The van der Waals surface area contributed by atoms with Crippen LogP contribution < -0.4 is 15.2 Å². The maximum absolute atomic E-state index is 5.44. The highest BCUT2D eigenvalue weighted by atomic mass is 16.5. The molecule has 0 amide bonds. The minimum absolute atomic E-state index is 0.285. The van der Waals surface area contributed by atoms with Crippen molar-refractivity contribution < 1.29 is 13.9 Å². The predicted octanol–water partition coefficient (Wildman–Crippen LogP) is 1.82. The fourth-order valence-electron chi connectivity index (χ4n) is 1.53. The predicted molar refractivity (Wildman–Crippen MR) is 62.9 cm³/mol. The van der Waals surface area contributed by atoms with Crippen molar-refractivity contribution >= 4 is 0 Å². The van der Waals surface area contributed by atoms with Crippen LogP contribution >= 0.6 is 0 Å². The first kappa shape index (κ1) is 11.5. The van der Waals surface area contributed by atoms with Gasteiger partial charge in [0.05, 0.1) is 20.8 Å². The van der Waals surface area contributed by atoms with Crippen molar-refractivity contribution in [3.8, 4) is 22.8 Å². The van der Waals surface area contributed by atoms with Gasteiger partial charge in [-0.15, -0.1) is 0 Å². The number of oxazole rings is 1. The minimum Gasteiger partial charge on any atom is -0.493 e. The highest BCUT2D eigenvalue weighted by Crippen LogP contribution is 2.31. The first-order chi connectivity index (χ1) is 8.28. The summed E-state index contributed by atoms with van der Waals surface area (Å²) >= 11 is 0. The maximum Gasteiger partial charge on any atom is 0.208 e. The molecule has 17 heavy (non-hydrogen) atoms. The summed E-state index contributed by atoms with van der Waals surface area (Å²) in [6, 6.07) is 5.56. The van der Waals surface area contributed by atoms with E-state index in [-0.39, 0.29) is 6.54 Å². The summed E-state index contributed by atoms with van der Waals surface area (Å²) in [5.41, 5.74) is 7.06. The highest BCUT2D eigenvalue weighted by Gasteiger charge is 2.09. The Bertz CT molecular complexity index is 508. The molecule has 0 aliphatic rings. The van der Waals surface area contributed by atoms with E-state index in [9.17, 15) is 0 Å². The summed E-state index contributed by atoms with van der Waals surface area (Å²) in [5.74, 6) is 1.84. The third-order valence-electron chi connectivity index (χ3n) is 2.41. The zero-order chi connectivity index (χ0) is 12.3. The molecule has 0 fully saturated rings. The molecule has 2 aromatic rings. The molecule has 0 saturated heterocycles. The molecule has 5 heteroatoms. The number of nitrogens with two attached hydrogens (primary N) is 1. The number of methoxy groups -OCH3 is 2. The number of benzene rings is 1. The minimum atomic E-state index is 0.285. The molecule has 1 aromatic heterocycles. The smallest absolute Gasteiger partial charge is 0.208 e. The van der Waals surface area contributed by atoms with Gasteiger partial charge in [0.25, 0.3) is 0 Å². The van der Waals surface area contributed by atoms with Crippen LogP contribution in [0.4, 0.5) is 0 Å². The Hall–Kier alpha value is -2.01. The van der Waals surface area contributed by atoms with Crippen molar-refractivity contribution in [2.24, 2.45) is 5.73 Å². The molecule has 2 N–H and O–H groups in total. The lowest BCUT2D eigenvalue weighted by atomic mass is 10.1. The van der Waals surface area contributed by atoms with E-state index < -0.39 is 0 Å². The van der Waals surface area contributed by atoms with Crippen molar-refractivity contribution in [2.75, 3.05) is 14.2 Å². The average Bonchev–Trinajstić information content (AvgIpc) is 2.86. The fraction of sp³-hybridized carbons (Fsp3) is 0.250. The molecular weight excluding hydrogens is 220 g/mol. The maximum atomic E-state index is 5.44. The van der Waals surface area contributed by atoms with Crippen molar-refractivity contribution in [1.29, 1.82) is 0 Å². The summed E-state index contributed by atoms with van der Waals surface area (Å²) in [6.07, 6.45) is 1.57. The molecule has 0 aliphatic carbocycles. The van der Waals surface area contributed by atoms with Crippen LogP contribution in [0.25, 0.3) is 11.3 Å². The number of aromatic nitrogens is 1. The van der Waals surface area contributed by atoms with E-state index in [1.807, 2.05) is 18.2 Å². The van der Waals surface area contributed by atoms with Gasteiger partial charge in [-0.25, -0.2) is 4.98 Å². The third kappa shape index (κ3) is 2.24.